The SMILES string of the molecule is C1=Cc2cc3ccc(cc4nc(cc5ccc(cc1n2)[nH]5)C=C4)[nH]3.[Sb]. The van der Waals surface area contributed by atoms with Crippen LogP contribution in [0.4, 0.5) is 0 Å². The zero-order valence-electron chi connectivity index (χ0n) is 13.3. The normalized spacial score (nSPS) is 12.2. The molecule has 0 unspecified atom stereocenters. The molecule has 2 aliphatic rings. The zero-order valence-corrected chi connectivity index (χ0v) is 15.8. The fraction of sp³-hybridized carbons (Fsp3) is 0. The van der Waals surface area contributed by atoms with Crippen molar-refractivity contribution in [2.45, 2.75) is 0 Å². The summed E-state index contributed by atoms with van der Waals surface area (Å²) in [4.78, 5) is 16.0. The Hall–Kier alpha value is -2.58. The van der Waals surface area contributed by atoms with Crippen LogP contribution < -0.4 is 0 Å². The Morgan fingerprint density at radius 2 is 0.760 bits per heavy atom. The van der Waals surface area contributed by atoms with Gasteiger partial charge in [-0.05, 0) is 72.8 Å². The van der Waals surface area contributed by atoms with Gasteiger partial charge in [0.1, 0.15) is 0 Å². The van der Waals surface area contributed by atoms with E-state index in [9.17, 15) is 0 Å². The molecule has 0 fully saturated rings. The molecule has 0 saturated carbocycles. The molecule has 3 aromatic heterocycles. The summed E-state index contributed by atoms with van der Waals surface area (Å²) in [6.07, 6.45) is 8.09. The summed E-state index contributed by atoms with van der Waals surface area (Å²) in [5.41, 5.74) is 7.86. The third-order valence-corrected chi connectivity index (χ3v) is 4.04. The Balaban J connectivity index is 0.00000157. The molecule has 2 N–H and O–H groups in total. The van der Waals surface area contributed by atoms with Crippen LogP contribution in [-0.2, 0) is 0 Å². The van der Waals surface area contributed by atoms with Gasteiger partial charge in [0.15, 0.2) is 0 Å². The molecule has 8 bridgehead atoms. The van der Waals surface area contributed by atoms with Gasteiger partial charge in [0.2, 0.25) is 0 Å². The minimum atomic E-state index is 0. The van der Waals surface area contributed by atoms with Crippen molar-refractivity contribution in [3.8, 4) is 0 Å². The minimum Gasteiger partial charge on any atom is -0.355 e. The molecule has 0 aromatic carbocycles. The second-order valence-corrected chi connectivity index (χ2v) is 5.91. The van der Waals surface area contributed by atoms with Gasteiger partial charge in [-0.3, -0.25) is 0 Å². The molecule has 25 heavy (non-hydrogen) atoms. The monoisotopic (exact) mass is 431 g/mol. The minimum absolute atomic E-state index is 0. The van der Waals surface area contributed by atoms with E-state index in [1.54, 1.807) is 0 Å². The van der Waals surface area contributed by atoms with Gasteiger partial charge in [-0.15, -0.1) is 0 Å². The van der Waals surface area contributed by atoms with Crippen LogP contribution in [0.5, 0.6) is 0 Å². The van der Waals surface area contributed by atoms with Crippen LogP contribution in [0.15, 0.2) is 48.5 Å². The van der Waals surface area contributed by atoms with E-state index < -0.39 is 0 Å². The molecule has 0 atom stereocenters. The van der Waals surface area contributed by atoms with E-state index in [0.29, 0.717) is 0 Å². The summed E-state index contributed by atoms with van der Waals surface area (Å²) in [6, 6.07) is 16.4. The van der Waals surface area contributed by atoms with Crippen molar-refractivity contribution in [3.63, 3.8) is 0 Å². The summed E-state index contributed by atoms with van der Waals surface area (Å²) in [5.74, 6) is 0. The van der Waals surface area contributed by atoms with Crippen molar-refractivity contribution in [2.75, 3.05) is 0 Å². The fourth-order valence-electron chi connectivity index (χ4n) is 2.94. The standard InChI is InChI=1S/C20H14N4.Sb/c1-2-14-10-16-5-6-18(23-16)12-20-8-7-19(24-20)11-17-4-3-15(22-17)9-13(1)21-14;/h1-12,21,24H;. The number of hydrogen-bond donors (Lipinski definition) is 2. The first-order chi connectivity index (χ1) is 11.8. The van der Waals surface area contributed by atoms with E-state index >= 15 is 0 Å². The van der Waals surface area contributed by atoms with Crippen molar-refractivity contribution < 1.29 is 0 Å². The summed E-state index contributed by atoms with van der Waals surface area (Å²) >= 11 is 0. The second kappa shape index (κ2) is 6.38. The van der Waals surface area contributed by atoms with Gasteiger partial charge >= 0.3 is 0 Å². The maximum absolute atomic E-state index is 4.63. The molecule has 2 aliphatic heterocycles. The molecule has 0 spiro atoms. The van der Waals surface area contributed by atoms with Gasteiger partial charge < -0.3 is 9.97 Å². The first-order valence-corrected chi connectivity index (χ1v) is 7.85. The van der Waals surface area contributed by atoms with Gasteiger partial charge in [0, 0.05) is 46.5 Å². The van der Waals surface area contributed by atoms with Gasteiger partial charge in [-0.1, -0.05) is 0 Å². The number of H-pyrrole nitrogens is 2. The maximum Gasteiger partial charge on any atom is 0.0658 e. The van der Waals surface area contributed by atoms with Crippen molar-refractivity contribution >= 4 is 70.8 Å². The topological polar surface area (TPSA) is 57.4 Å². The summed E-state index contributed by atoms with van der Waals surface area (Å²) in [6.45, 7) is 0. The quantitative estimate of drug-likeness (QED) is 0.359. The first kappa shape index (κ1) is 15.9. The van der Waals surface area contributed by atoms with Crippen molar-refractivity contribution in [1.29, 1.82) is 0 Å². The molecule has 0 amide bonds. The summed E-state index contributed by atoms with van der Waals surface area (Å²) in [5, 5.41) is 0. The number of hydrogen-bond acceptors (Lipinski definition) is 2. The first-order valence-electron chi connectivity index (χ1n) is 7.85. The predicted octanol–water partition coefficient (Wildman–Crippen LogP) is 4.27. The van der Waals surface area contributed by atoms with Crippen molar-refractivity contribution in [2.24, 2.45) is 0 Å². The van der Waals surface area contributed by atoms with Crippen LogP contribution in [0.2, 0.25) is 0 Å². The van der Waals surface area contributed by atoms with Gasteiger partial charge in [-0.25, -0.2) is 9.97 Å². The van der Waals surface area contributed by atoms with Gasteiger partial charge in [-0.2, -0.15) is 0 Å². The van der Waals surface area contributed by atoms with Crippen molar-refractivity contribution in [3.05, 3.63) is 71.3 Å². The number of nitrogens with zero attached hydrogens (tertiary/aromatic N) is 2. The van der Waals surface area contributed by atoms with Crippen LogP contribution in [0, 0.1) is 0 Å². The molecule has 4 nitrogen and oxygen atoms in total. The average molecular weight is 432 g/mol. The fourth-order valence-corrected chi connectivity index (χ4v) is 2.94. The molecular weight excluding hydrogens is 418 g/mol. The Kier molecular flexibility index (Phi) is 4.06. The summed E-state index contributed by atoms with van der Waals surface area (Å²) < 4.78 is 0. The second-order valence-electron chi connectivity index (χ2n) is 5.91. The van der Waals surface area contributed by atoms with E-state index in [4.69, 9.17) is 0 Å². The Labute approximate surface area is 161 Å². The smallest absolute Gasteiger partial charge is 0.0658 e. The Morgan fingerprint density at radius 1 is 0.480 bits per heavy atom. The summed E-state index contributed by atoms with van der Waals surface area (Å²) in [7, 11) is 0. The van der Waals surface area contributed by atoms with Crippen LogP contribution >= 0.6 is 0 Å². The van der Waals surface area contributed by atoms with E-state index in [-0.39, 0.29) is 24.4 Å². The number of rotatable bonds is 0. The van der Waals surface area contributed by atoms with Crippen LogP contribution in [0.25, 0.3) is 46.4 Å². The van der Waals surface area contributed by atoms with E-state index in [1.807, 2.05) is 48.6 Å². The molecule has 3 radical (unpaired) electrons. The molecule has 3 aromatic rings. The molecule has 5 rings (SSSR count). The average Bonchev–Trinajstić information content (AvgIpc) is 3.32. The zero-order chi connectivity index (χ0) is 15.9. The number of fused-ring (bicyclic) bond motifs is 8. The van der Waals surface area contributed by atoms with Crippen molar-refractivity contribution in [1.82, 2.24) is 19.9 Å². The largest absolute Gasteiger partial charge is 0.355 e. The van der Waals surface area contributed by atoms with Gasteiger partial charge in [0.05, 0.1) is 22.8 Å². The van der Waals surface area contributed by atoms with E-state index in [1.165, 1.54) is 0 Å². The van der Waals surface area contributed by atoms with Crippen LogP contribution in [0.1, 0.15) is 22.8 Å². The van der Waals surface area contributed by atoms with E-state index in [2.05, 4.69) is 44.2 Å². The molecule has 119 valence electrons. The molecule has 0 aliphatic carbocycles. The predicted molar refractivity (Wildman–Crippen MR) is 105 cm³/mol. The number of aromatic amines is 2. The number of nitrogens with one attached hydrogen (secondary N) is 2. The third kappa shape index (κ3) is 3.31. The Morgan fingerprint density at radius 3 is 1.04 bits per heavy atom. The molecular formula is C20H14N4Sb. The molecule has 0 saturated heterocycles. The van der Waals surface area contributed by atoms with Gasteiger partial charge in [0.25, 0.3) is 0 Å². The van der Waals surface area contributed by atoms with Crippen LogP contribution in [0.3, 0.4) is 0 Å². The Bertz CT molecular complexity index is 990. The van der Waals surface area contributed by atoms with E-state index in [0.717, 1.165) is 44.8 Å². The molecule has 5 heteroatoms. The number of aromatic nitrogens is 4. The molecule has 5 heterocycles. The maximum atomic E-state index is 4.63. The van der Waals surface area contributed by atoms with Crippen LogP contribution in [-0.4, -0.2) is 44.4 Å². The third-order valence-electron chi connectivity index (χ3n) is 4.04.